The van der Waals surface area contributed by atoms with Crippen LogP contribution in [0.1, 0.15) is 13.3 Å². The van der Waals surface area contributed by atoms with Crippen LogP contribution >= 0.6 is 0 Å². The summed E-state index contributed by atoms with van der Waals surface area (Å²) in [7, 11) is 2.06. The Morgan fingerprint density at radius 3 is 2.67 bits per heavy atom. The molecule has 0 saturated carbocycles. The molecule has 1 aliphatic heterocycles. The summed E-state index contributed by atoms with van der Waals surface area (Å²) >= 11 is 0. The Morgan fingerprint density at radius 1 is 1.58 bits per heavy atom. The summed E-state index contributed by atoms with van der Waals surface area (Å²) in [5.41, 5.74) is 11.3. The molecular formula is C7H15N5. The zero-order valence-electron chi connectivity index (χ0n) is 7.49. The van der Waals surface area contributed by atoms with E-state index in [1.165, 1.54) is 0 Å². The third kappa shape index (κ3) is 2.20. The van der Waals surface area contributed by atoms with Crippen LogP contribution < -0.4 is 11.5 Å². The molecule has 4 N–H and O–H groups in total. The van der Waals surface area contributed by atoms with Crippen LogP contribution in [-0.2, 0) is 0 Å². The number of hydrogen-bond donors (Lipinski definition) is 2. The lowest BCUT2D eigenvalue weighted by molar-refractivity contribution is 0.334. The van der Waals surface area contributed by atoms with Crippen molar-refractivity contribution in [1.82, 2.24) is 4.90 Å². The van der Waals surface area contributed by atoms with E-state index in [-0.39, 0.29) is 5.96 Å². The van der Waals surface area contributed by atoms with Gasteiger partial charge in [0.1, 0.15) is 0 Å². The molecular weight excluding hydrogens is 154 g/mol. The Balaban J connectivity index is 2.57. The Kier molecular flexibility index (Phi) is 2.65. The first-order chi connectivity index (χ1) is 5.59. The topological polar surface area (TPSA) is 80.0 Å². The first-order valence-electron chi connectivity index (χ1n) is 3.94. The van der Waals surface area contributed by atoms with E-state index < -0.39 is 0 Å². The fraction of sp³-hybridized carbons (Fsp3) is 0.714. The molecule has 0 bridgehead atoms. The van der Waals surface area contributed by atoms with Crippen LogP contribution in [0.3, 0.4) is 0 Å². The molecule has 1 atom stereocenters. The Morgan fingerprint density at radius 2 is 2.25 bits per heavy atom. The number of hydrogen-bond acceptors (Lipinski definition) is 3. The van der Waals surface area contributed by atoms with Crippen molar-refractivity contribution in [2.24, 2.45) is 21.7 Å². The van der Waals surface area contributed by atoms with Crippen molar-refractivity contribution in [2.75, 3.05) is 13.6 Å². The minimum absolute atomic E-state index is 0.0182. The zero-order chi connectivity index (χ0) is 9.14. The average Bonchev–Trinajstić information content (AvgIpc) is 2.28. The molecule has 1 unspecified atom stereocenters. The van der Waals surface area contributed by atoms with Crippen molar-refractivity contribution in [1.29, 1.82) is 0 Å². The predicted octanol–water partition coefficient (Wildman–Crippen LogP) is -0.660. The minimum atomic E-state index is 0.0182. The summed E-state index contributed by atoms with van der Waals surface area (Å²) in [6.45, 7) is 3.01. The highest BCUT2D eigenvalue weighted by molar-refractivity contribution is 5.89. The molecule has 0 aromatic rings. The Bertz CT molecular complexity index is 204. The quantitative estimate of drug-likeness (QED) is 0.310. The molecule has 0 aromatic carbocycles. The van der Waals surface area contributed by atoms with E-state index in [2.05, 4.69) is 29.1 Å². The number of nitrogens with zero attached hydrogens (tertiary/aromatic N) is 3. The molecule has 1 aliphatic rings. The smallest absolute Gasteiger partial charge is 0.211 e. The summed E-state index contributed by atoms with van der Waals surface area (Å²) in [5, 5.41) is 7.55. The van der Waals surface area contributed by atoms with E-state index in [1.54, 1.807) is 0 Å². The van der Waals surface area contributed by atoms with Gasteiger partial charge in [-0.1, -0.05) is 0 Å². The molecule has 0 radical (unpaired) electrons. The first-order valence-corrected chi connectivity index (χ1v) is 3.94. The van der Waals surface area contributed by atoms with Crippen LogP contribution in [0.4, 0.5) is 0 Å². The van der Waals surface area contributed by atoms with Gasteiger partial charge in [0.15, 0.2) is 0 Å². The zero-order valence-corrected chi connectivity index (χ0v) is 7.49. The number of nitrogens with two attached hydrogens (primary N) is 2. The standard InChI is InChI=1S/C7H15N5/c1-5-3-6(4-12(5)2)10-11-7(8)9/h5H,3-4H2,1-2H3,(H4,8,9,11)/b10-6-. The molecule has 0 amide bonds. The van der Waals surface area contributed by atoms with Crippen molar-refractivity contribution < 1.29 is 0 Å². The molecule has 68 valence electrons. The average molecular weight is 169 g/mol. The second-order valence-electron chi connectivity index (χ2n) is 3.16. The lowest BCUT2D eigenvalue weighted by atomic mass is 10.2. The van der Waals surface area contributed by atoms with Crippen LogP contribution in [0.2, 0.25) is 0 Å². The first kappa shape index (κ1) is 8.99. The van der Waals surface area contributed by atoms with Gasteiger partial charge in [-0.3, -0.25) is 4.90 Å². The molecule has 5 nitrogen and oxygen atoms in total. The number of rotatable bonds is 1. The van der Waals surface area contributed by atoms with Gasteiger partial charge in [-0.2, -0.15) is 5.10 Å². The van der Waals surface area contributed by atoms with Gasteiger partial charge in [0.2, 0.25) is 5.96 Å². The largest absolute Gasteiger partial charge is 0.369 e. The third-order valence-electron chi connectivity index (χ3n) is 2.02. The summed E-state index contributed by atoms with van der Waals surface area (Å²) < 4.78 is 0. The molecule has 0 aliphatic carbocycles. The van der Waals surface area contributed by atoms with Crippen LogP contribution in [0.15, 0.2) is 10.2 Å². The summed E-state index contributed by atoms with van der Waals surface area (Å²) in [6, 6.07) is 0.540. The van der Waals surface area contributed by atoms with Gasteiger partial charge in [0.25, 0.3) is 0 Å². The highest BCUT2D eigenvalue weighted by Crippen LogP contribution is 2.11. The van der Waals surface area contributed by atoms with Crippen LogP contribution in [0.25, 0.3) is 0 Å². The number of likely N-dealkylation sites (tertiary alicyclic amines) is 1. The molecule has 0 aromatic heterocycles. The molecule has 5 heteroatoms. The molecule has 1 saturated heterocycles. The van der Waals surface area contributed by atoms with E-state index >= 15 is 0 Å². The van der Waals surface area contributed by atoms with Gasteiger partial charge < -0.3 is 11.5 Å². The number of guanidine groups is 1. The highest BCUT2D eigenvalue weighted by Gasteiger charge is 2.21. The van der Waals surface area contributed by atoms with E-state index in [0.29, 0.717) is 6.04 Å². The SMILES string of the molecule is CC1C/C(=N/N=C(N)N)CN1C. The van der Waals surface area contributed by atoms with E-state index in [0.717, 1.165) is 18.7 Å². The van der Waals surface area contributed by atoms with Crippen molar-refractivity contribution in [3.05, 3.63) is 0 Å². The van der Waals surface area contributed by atoms with Crippen LogP contribution in [0.5, 0.6) is 0 Å². The summed E-state index contributed by atoms with van der Waals surface area (Å²) in [6.07, 6.45) is 0.952. The Hall–Kier alpha value is -1.10. The lowest BCUT2D eigenvalue weighted by Crippen LogP contribution is -2.22. The lowest BCUT2D eigenvalue weighted by Gasteiger charge is -2.11. The van der Waals surface area contributed by atoms with Crippen molar-refractivity contribution in [3.63, 3.8) is 0 Å². The second kappa shape index (κ2) is 3.53. The molecule has 1 fully saturated rings. The molecule has 1 rings (SSSR count). The van der Waals surface area contributed by atoms with Crippen LogP contribution in [-0.4, -0.2) is 36.2 Å². The van der Waals surface area contributed by atoms with Crippen molar-refractivity contribution in [2.45, 2.75) is 19.4 Å². The fourth-order valence-corrected chi connectivity index (χ4v) is 1.21. The Labute approximate surface area is 72.1 Å². The van der Waals surface area contributed by atoms with Gasteiger partial charge in [0.05, 0.1) is 5.71 Å². The van der Waals surface area contributed by atoms with E-state index in [9.17, 15) is 0 Å². The van der Waals surface area contributed by atoms with E-state index in [1.807, 2.05) is 0 Å². The third-order valence-corrected chi connectivity index (χ3v) is 2.02. The fourth-order valence-electron chi connectivity index (χ4n) is 1.21. The van der Waals surface area contributed by atoms with Crippen molar-refractivity contribution >= 4 is 11.7 Å². The van der Waals surface area contributed by atoms with Crippen LogP contribution in [0, 0.1) is 0 Å². The second-order valence-corrected chi connectivity index (χ2v) is 3.16. The maximum atomic E-state index is 5.15. The predicted molar refractivity (Wildman–Crippen MR) is 50.0 cm³/mol. The van der Waals surface area contributed by atoms with Gasteiger partial charge in [-0.15, -0.1) is 5.10 Å². The maximum Gasteiger partial charge on any atom is 0.211 e. The molecule has 1 heterocycles. The van der Waals surface area contributed by atoms with Gasteiger partial charge >= 0.3 is 0 Å². The molecule has 12 heavy (non-hydrogen) atoms. The highest BCUT2D eigenvalue weighted by atomic mass is 15.3. The summed E-state index contributed by atoms with van der Waals surface area (Å²) in [5.74, 6) is 0.0182. The normalized spacial score (nSPS) is 27.8. The van der Waals surface area contributed by atoms with Gasteiger partial charge in [-0.25, -0.2) is 0 Å². The van der Waals surface area contributed by atoms with Gasteiger partial charge in [0, 0.05) is 19.0 Å². The maximum absolute atomic E-state index is 5.15. The van der Waals surface area contributed by atoms with Crippen molar-refractivity contribution in [3.8, 4) is 0 Å². The minimum Gasteiger partial charge on any atom is -0.369 e. The monoisotopic (exact) mass is 169 g/mol. The van der Waals surface area contributed by atoms with E-state index in [4.69, 9.17) is 11.5 Å². The van der Waals surface area contributed by atoms with Gasteiger partial charge in [-0.05, 0) is 14.0 Å². The summed E-state index contributed by atoms with van der Waals surface area (Å²) in [4.78, 5) is 2.21. The molecule has 0 spiro atoms.